The summed E-state index contributed by atoms with van der Waals surface area (Å²) in [5.74, 6) is 0. The van der Waals surface area contributed by atoms with Crippen LogP contribution in [0.15, 0.2) is 27.9 Å². The number of hydrogen-bond acceptors (Lipinski definition) is 5. The highest BCUT2D eigenvalue weighted by molar-refractivity contribution is 7.89. The number of fused-ring (bicyclic) bond motifs is 1. The smallest absolute Gasteiger partial charge is 0.306 e. The number of sulfonamides is 1. The Morgan fingerprint density at radius 3 is 2.42 bits per heavy atom. The minimum absolute atomic E-state index is 0.145. The molecule has 144 valence electrons. The molecule has 8 nitrogen and oxygen atoms in total. The summed E-state index contributed by atoms with van der Waals surface area (Å²) in [5.41, 5.74) is 0.435. The van der Waals surface area contributed by atoms with E-state index in [9.17, 15) is 13.2 Å². The first-order valence-corrected chi connectivity index (χ1v) is 10.4. The fourth-order valence-corrected chi connectivity index (χ4v) is 4.55. The Morgan fingerprint density at radius 2 is 1.77 bits per heavy atom. The van der Waals surface area contributed by atoms with Crippen molar-refractivity contribution in [1.29, 1.82) is 0 Å². The van der Waals surface area contributed by atoms with Gasteiger partial charge in [0.2, 0.25) is 10.0 Å². The zero-order valence-corrected chi connectivity index (χ0v) is 16.3. The van der Waals surface area contributed by atoms with Crippen LogP contribution < -0.4 is 10.4 Å². The van der Waals surface area contributed by atoms with E-state index < -0.39 is 10.0 Å². The molecular formula is C17H27N5O3S. The third-order valence-corrected chi connectivity index (χ3v) is 6.57. The molecule has 2 aromatic rings. The second-order valence-corrected chi connectivity index (χ2v) is 9.11. The monoisotopic (exact) mass is 381 g/mol. The van der Waals surface area contributed by atoms with Crippen molar-refractivity contribution in [3.63, 3.8) is 0 Å². The molecule has 0 bridgehead atoms. The molecule has 0 amide bonds. The molecule has 1 aromatic heterocycles. The topological polar surface area (TPSA) is 101 Å². The molecule has 0 saturated carbocycles. The minimum Gasteiger partial charge on any atom is -0.306 e. The van der Waals surface area contributed by atoms with Gasteiger partial charge in [-0.3, -0.25) is 4.90 Å². The number of piperazine rings is 1. The number of H-pyrrole nitrogens is 2. The van der Waals surface area contributed by atoms with Gasteiger partial charge in [0, 0.05) is 38.3 Å². The summed E-state index contributed by atoms with van der Waals surface area (Å²) < 4.78 is 28.1. The molecule has 26 heavy (non-hydrogen) atoms. The van der Waals surface area contributed by atoms with Crippen molar-refractivity contribution < 1.29 is 8.42 Å². The largest absolute Gasteiger partial charge is 0.323 e. The molecule has 1 aliphatic heterocycles. The molecular weight excluding hydrogens is 354 g/mol. The Kier molecular flexibility index (Phi) is 5.25. The van der Waals surface area contributed by atoms with Gasteiger partial charge in [-0.1, -0.05) is 6.92 Å². The van der Waals surface area contributed by atoms with Crippen molar-refractivity contribution in [2.75, 3.05) is 39.3 Å². The van der Waals surface area contributed by atoms with Crippen molar-refractivity contribution in [1.82, 2.24) is 24.5 Å². The molecule has 0 aliphatic carbocycles. The highest BCUT2D eigenvalue weighted by Crippen LogP contribution is 2.19. The number of nitrogens with one attached hydrogen (secondary N) is 3. The van der Waals surface area contributed by atoms with E-state index in [-0.39, 0.29) is 16.1 Å². The van der Waals surface area contributed by atoms with Crippen molar-refractivity contribution in [2.24, 2.45) is 0 Å². The molecule has 0 radical (unpaired) electrons. The van der Waals surface area contributed by atoms with Crippen LogP contribution in [-0.2, 0) is 10.0 Å². The van der Waals surface area contributed by atoms with Crippen molar-refractivity contribution in [3.8, 4) is 0 Å². The van der Waals surface area contributed by atoms with Crippen LogP contribution in [0.4, 0.5) is 0 Å². The van der Waals surface area contributed by atoms with Gasteiger partial charge in [0.25, 0.3) is 0 Å². The maximum absolute atomic E-state index is 12.7. The summed E-state index contributed by atoms with van der Waals surface area (Å²) in [6, 6.07) is 4.57. The fraction of sp³-hybridized carbons (Fsp3) is 0.588. The zero-order chi connectivity index (χ0) is 18.9. The number of hydrogen-bond donors (Lipinski definition) is 3. The average molecular weight is 382 g/mol. The first kappa shape index (κ1) is 19.1. The van der Waals surface area contributed by atoms with Gasteiger partial charge in [-0.2, -0.15) is 0 Å². The SMILES string of the molecule is CCN1CCN(C(C)(C)CNS(=O)(=O)c2ccc3[nH]c(=O)[nH]c3c2)CC1. The maximum Gasteiger partial charge on any atom is 0.323 e. The van der Waals surface area contributed by atoms with Crippen molar-refractivity contribution in [3.05, 3.63) is 28.7 Å². The van der Waals surface area contributed by atoms with E-state index in [1.165, 1.54) is 12.1 Å². The van der Waals surface area contributed by atoms with E-state index in [1.807, 2.05) is 0 Å². The van der Waals surface area contributed by atoms with Crippen molar-refractivity contribution in [2.45, 2.75) is 31.2 Å². The number of aromatic nitrogens is 2. The quantitative estimate of drug-likeness (QED) is 0.678. The first-order chi connectivity index (χ1) is 12.2. The van der Waals surface area contributed by atoms with Gasteiger partial charge >= 0.3 is 5.69 Å². The van der Waals surface area contributed by atoms with E-state index in [0.29, 0.717) is 17.6 Å². The number of nitrogens with zero attached hydrogens (tertiary/aromatic N) is 2. The van der Waals surface area contributed by atoms with Gasteiger partial charge in [-0.25, -0.2) is 17.9 Å². The molecule has 1 aliphatic rings. The Hall–Kier alpha value is -1.68. The lowest BCUT2D eigenvalue weighted by Crippen LogP contribution is -2.58. The van der Waals surface area contributed by atoms with E-state index in [4.69, 9.17) is 0 Å². The van der Waals surface area contributed by atoms with Crippen LogP contribution in [0, 0.1) is 0 Å². The molecule has 3 N–H and O–H groups in total. The van der Waals surface area contributed by atoms with Crippen LogP contribution in [-0.4, -0.2) is 73.0 Å². The predicted molar refractivity (Wildman–Crippen MR) is 102 cm³/mol. The molecule has 0 spiro atoms. The molecule has 1 aromatic carbocycles. The van der Waals surface area contributed by atoms with E-state index in [1.54, 1.807) is 6.07 Å². The molecule has 1 saturated heterocycles. The third kappa shape index (κ3) is 4.01. The normalized spacial score (nSPS) is 17.8. The third-order valence-electron chi connectivity index (χ3n) is 5.17. The van der Waals surface area contributed by atoms with Crippen LogP contribution in [0.25, 0.3) is 11.0 Å². The summed E-state index contributed by atoms with van der Waals surface area (Å²) in [6.07, 6.45) is 0. The average Bonchev–Trinajstić information content (AvgIpc) is 2.99. The molecule has 0 unspecified atom stereocenters. The number of benzene rings is 1. The standard InChI is InChI=1S/C17H27N5O3S/c1-4-21-7-9-22(10-8-21)17(2,3)12-18-26(24,25)13-5-6-14-15(11-13)20-16(23)19-14/h5-6,11,18H,4,7-10,12H2,1-3H3,(H2,19,20,23). The van der Waals surface area contributed by atoms with Crippen LogP contribution in [0.3, 0.4) is 0 Å². The van der Waals surface area contributed by atoms with Crippen LogP contribution in [0.5, 0.6) is 0 Å². The highest BCUT2D eigenvalue weighted by Gasteiger charge is 2.31. The minimum atomic E-state index is -3.65. The van der Waals surface area contributed by atoms with E-state index in [2.05, 4.69) is 45.3 Å². The summed E-state index contributed by atoms with van der Waals surface area (Å²) in [5, 5.41) is 0. The van der Waals surface area contributed by atoms with Crippen LogP contribution >= 0.6 is 0 Å². The van der Waals surface area contributed by atoms with Gasteiger partial charge in [0.05, 0.1) is 15.9 Å². The molecule has 3 rings (SSSR count). The van der Waals surface area contributed by atoms with Gasteiger partial charge < -0.3 is 14.9 Å². The molecule has 0 atom stereocenters. The van der Waals surface area contributed by atoms with Gasteiger partial charge in [0.15, 0.2) is 0 Å². The van der Waals surface area contributed by atoms with Gasteiger partial charge in [-0.05, 0) is 38.6 Å². The van der Waals surface area contributed by atoms with E-state index >= 15 is 0 Å². The number of rotatable bonds is 6. The van der Waals surface area contributed by atoms with E-state index in [0.717, 1.165) is 32.7 Å². The summed E-state index contributed by atoms with van der Waals surface area (Å²) in [7, 11) is -3.65. The second kappa shape index (κ2) is 7.15. The second-order valence-electron chi connectivity index (χ2n) is 7.34. The molecule has 2 heterocycles. The zero-order valence-electron chi connectivity index (χ0n) is 15.5. The number of likely N-dealkylation sites (N-methyl/N-ethyl adjacent to an activating group) is 1. The fourth-order valence-electron chi connectivity index (χ4n) is 3.32. The van der Waals surface area contributed by atoms with Gasteiger partial charge in [0.1, 0.15) is 0 Å². The maximum atomic E-state index is 12.7. The lowest BCUT2D eigenvalue weighted by Gasteiger charge is -2.44. The Labute approximate surface area is 153 Å². The number of aromatic amines is 2. The summed E-state index contributed by atoms with van der Waals surface area (Å²) >= 11 is 0. The van der Waals surface area contributed by atoms with Crippen LogP contribution in [0.2, 0.25) is 0 Å². The lowest BCUT2D eigenvalue weighted by atomic mass is 10.0. The van der Waals surface area contributed by atoms with Crippen molar-refractivity contribution >= 4 is 21.1 Å². The Balaban J connectivity index is 1.69. The predicted octanol–water partition coefficient (Wildman–Crippen LogP) is 0.551. The summed E-state index contributed by atoms with van der Waals surface area (Å²) in [6.45, 7) is 11.5. The first-order valence-electron chi connectivity index (χ1n) is 8.90. The molecule has 1 fully saturated rings. The highest BCUT2D eigenvalue weighted by atomic mass is 32.2. The summed E-state index contributed by atoms with van der Waals surface area (Å²) in [4.78, 5) is 21.4. The lowest BCUT2D eigenvalue weighted by molar-refractivity contribution is 0.0571. The Morgan fingerprint density at radius 1 is 1.12 bits per heavy atom. The number of imidazole rings is 1. The van der Waals surface area contributed by atoms with Gasteiger partial charge in [-0.15, -0.1) is 0 Å². The Bertz CT molecular complexity index is 923. The molecule has 9 heteroatoms. The van der Waals surface area contributed by atoms with Crippen LogP contribution in [0.1, 0.15) is 20.8 Å².